The van der Waals surface area contributed by atoms with Crippen molar-refractivity contribution in [1.82, 2.24) is 19.2 Å². The fraction of sp³-hybridized carbons (Fsp3) is 0.185. The summed E-state index contributed by atoms with van der Waals surface area (Å²) in [6.07, 6.45) is 0. The molecule has 2 aromatic heterocycles. The lowest BCUT2D eigenvalue weighted by Crippen LogP contribution is -2.22. The molecule has 0 aliphatic heterocycles. The lowest BCUT2D eigenvalue weighted by atomic mass is 10.1. The maximum Gasteiger partial charge on any atom is 0.267 e. The maximum absolute atomic E-state index is 13.6. The molecule has 3 aromatic carbocycles. The van der Waals surface area contributed by atoms with Crippen LogP contribution in [0.4, 0.5) is 11.4 Å². The summed E-state index contributed by atoms with van der Waals surface area (Å²) in [6.45, 7) is 3.96. The topological polar surface area (TPSA) is 84.5 Å². The average molecular weight is 499 g/mol. The Morgan fingerprint density at radius 2 is 1.75 bits per heavy atom. The number of para-hydroxylation sites is 1. The van der Waals surface area contributed by atoms with Gasteiger partial charge in [0.05, 0.1) is 22.3 Å². The standard InChI is InChI=1S/C27H26N6O2S/c1-17-9-10-18(2)23(15-17)32-25(35)21-7-5-6-8-22(21)33-26(32)29-30-27(33)36-16-24(34)28-19-11-13-20(14-12-19)31(3)4/h5-15H,16H2,1-4H3,(H,28,34). The smallest absolute Gasteiger partial charge is 0.267 e. The van der Waals surface area contributed by atoms with Crippen LogP contribution in [0.1, 0.15) is 11.1 Å². The highest BCUT2D eigenvalue weighted by atomic mass is 32.2. The van der Waals surface area contributed by atoms with E-state index in [1.165, 1.54) is 11.8 Å². The van der Waals surface area contributed by atoms with Crippen LogP contribution < -0.4 is 15.8 Å². The van der Waals surface area contributed by atoms with Gasteiger partial charge in [-0.05, 0) is 67.4 Å². The fourth-order valence-corrected chi connectivity index (χ4v) is 4.86. The molecule has 0 fully saturated rings. The molecule has 0 aliphatic carbocycles. The first kappa shape index (κ1) is 23.6. The van der Waals surface area contributed by atoms with Gasteiger partial charge in [0.15, 0.2) is 5.16 Å². The van der Waals surface area contributed by atoms with Crippen LogP contribution in [0.15, 0.2) is 76.7 Å². The Morgan fingerprint density at radius 1 is 1.00 bits per heavy atom. The van der Waals surface area contributed by atoms with Gasteiger partial charge in [0.1, 0.15) is 0 Å². The largest absolute Gasteiger partial charge is 0.378 e. The summed E-state index contributed by atoms with van der Waals surface area (Å²) < 4.78 is 3.45. The van der Waals surface area contributed by atoms with Crippen LogP contribution in [0.3, 0.4) is 0 Å². The van der Waals surface area contributed by atoms with Crippen LogP contribution in [-0.4, -0.2) is 44.9 Å². The van der Waals surface area contributed by atoms with E-state index in [2.05, 4.69) is 15.5 Å². The van der Waals surface area contributed by atoms with Crippen molar-refractivity contribution in [3.05, 3.63) is 88.2 Å². The molecular weight excluding hydrogens is 472 g/mol. The van der Waals surface area contributed by atoms with Gasteiger partial charge in [0.25, 0.3) is 5.56 Å². The van der Waals surface area contributed by atoms with Crippen LogP contribution in [-0.2, 0) is 4.79 Å². The zero-order chi connectivity index (χ0) is 25.4. The monoisotopic (exact) mass is 498 g/mol. The molecule has 0 saturated carbocycles. The number of aromatic nitrogens is 4. The van der Waals surface area contributed by atoms with Gasteiger partial charge in [0, 0.05) is 25.5 Å². The van der Waals surface area contributed by atoms with Crippen molar-refractivity contribution in [3.8, 4) is 5.69 Å². The Balaban J connectivity index is 1.51. The van der Waals surface area contributed by atoms with Gasteiger partial charge in [-0.25, -0.2) is 4.57 Å². The van der Waals surface area contributed by atoms with Gasteiger partial charge < -0.3 is 10.2 Å². The van der Waals surface area contributed by atoms with Crippen molar-refractivity contribution in [1.29, 1.82) is 0 Å². The summed E-state index contributed by atoms with van der Waals surface area (Å²) >= 11 is 1.28. The summed E-state index contributed by atoms with van der Waals surface area (Å²) in [6, 6.07) is 21.0. The third-order valence-corrected chi connectivity index (χ3v) is 6.93. The minimum atomic E-state index is -0.158. The fourth-order valence-electron chi connectivity index (χ4n) is 4.12. The van der Waals surface area contributed by atoms with Gasteiger partial charge in [0.2, 0.25) is 11.7 Å². The van der Waals surface area contributed by atoms with E-state index in [9.17, 15) is 9.59 Å². The molecule has 9 heteroatoms. The van der Waals surface area contributed by atoms with Crippen molar-refractivity contribution in [2.75, 3.05) is 30.1 Å². The second kappa shape index (κ2) is 9.50. The van der Waals surface area contributed by atoms with Gasteiger partial charge in [-0.1, -0.05) is 36.0 Å². The van der Waals surface area contributed by atoms with Crippen molar-refractivity contribution in [2.45, 2.75) is 19.0 Å². The van der Waals surface area contributed by atoms with Crippen molar-refractivity contribution in [2.24, 2.45) is 0 Å². The minimum Gasteiger partial charge on any atom is -0.378 e. The number of nitrogens with zero attached hydrogens (tertiary/aromatic N) is 5. The highest BCUT2D eigenvalue weighted by molar-refractivity contribution is 7.99. The van der Waals surface area contributed by atoms with Crippen LogP contribution in [0.5, 0.6) is 0 Å². The van der Waals surface area contributed by atoms with Crippen LogP contribution >= 0.6 is 11.8 Å². The predicted molar refractivity (Wildman–Crippen MR) is 146 cm³/mol. The summed E-state index contributed by atoms with van der Waals surface area (Å²) in [5.74, 6) is 0.406. The normalized spacial score (nSPS) is 11.2. The number of carbonyl (C=O) groups excluding carboxylic acids is 1. The molecular formula is C27H26N6O2S. The Bertz CT molecular complexity index is 1650. The first-order valence-corrected chi connectivity index (χ1v) is 12.5. The van der Waals surface area contributed by atoms with Gasteiger partial charge >= 0.3 is 0 Å². The number of fused-ring (bicyclic) bond motifs is 3. The minimum absolute atomic E-state index is 0.146. The zero-order valence-electron chi connectivity index (χ0n) is 20.5. The van der Waals surface area contributed by atoms with E-state index in [-0.39, 0.29) is 17.2 Å². The number of hydrogen-bond donors (Lipinski definition) is 1. The molecule has 36 heavy (non-hydrogen) atoms. The Kier molecular flexibility index (Phi) is 6.24. The van der Waals surface area contributed by atoms with Crippen LogP contribution in [0.2, 0.25) is 0 Å². The molecule has 0 radical (unpaired) electrons. The second-order valence-corrected chi connectivity index (χ2v) is 9.79. The molecule has 0 aliphatic rings. The van der Waals surface area contributed by atoms with E-state index in [4.69, 9.17) is 0 Å². The van der Waals surface area contributed by atoms with Crippen molar-refractivity contribution < 1.29 is 4.79 Å². The summed E-state index contributed by atoms with van der Waals surface area (Å²) in [7, 11) is 3.94. The number of hydrogen-bond acceptors (Lipinski definition) is 6. The summed E-state index contributed by atoms with van der Waals surface area (Å²) in [5, 5.41) is 12.8. The molecule has 2 heterocycles. The number of amides is 1. The number of benzene rings is 3. The van der Waals surface area contributed by atoms with E-state index < -0.39 is 0 Å². The average Bonchev–Trinajstić information content (AvgIpc) is 3.29. The Hall–Kier alpha value is -4.11. The quantitative estimate of drug-likeness (QED) is 0.348. The highest BCUT2D eigenvalue weighted by Gasteiger charge is 2.19. The van der Waals surface area contributed by atoms with E-state index >= 15 is 0 Å². The molecule has 0 atom stereocenters. The molecule has 0 spiro atoms. The number of carbonyl (C=O) groups is 1. The zero-order valence-corrected chi connectivity index (χ0v) is 21.3. The number of rotatable bonds is 6. The molecule has 1 N–H and O–H groups in total. The SMILES string of the molecule is Cc1ccc(C)c(-n2c(=O)c3ccccc3n3c(SCC(=O)Nc4ccc(N(C)C)cc4)nnc23)c1. The third kappa shape index (κ3) is 4.33. The molecule has 5 rings (SSSR count). The molecule has 5 aromatic rings. The Labute approximate surface area is 212 Å². The molecule has 0 unspecified atom stereocenters. The van der Waals surface area contributed by atoms with Crippen LogP contribution in [0, 0.1) is 13.8 Å². The van der Waals surface area contributed by atoms with E-state index in [1.807, 2.05) is 97.9 Å². The number of nitrogens with one attached hydrogen (secondary N) is 1. The van der Waals surface area contributed by atoms with Crippen LogP contribution in [0.25, 0.3) is 22.4 Å². The van der Waals surface area contributed by atoms with E-state index in [0.717, 1.165) is 28.2 Å². The van der Waals surface area contributed by atoms with Gasteiger partial charge in [-0.3, -0.25) is 14.0 Å². The van der Waals surface area contributed by atoms with E-state index in [0.29, 0.717) is 21.8 Å². The molecule has 1 amide bonds. The van der Waals surface area contributed by atoms with Gasteiger partial charge in [-0.15, -0.1) is 10.2 Å². The molecule has 182 valence electrons. The predicted octanol–water partition coefficient (Wildman–Crippen LogP) is 4.45. The van der Waals surface area contributed by atoms with E-state index in [1.54, 1.807) is 10.6 Å². The number of thioether (sulfide) groups is 1. The highest BCUT2D eigenvalue weighted by Crippen LogP contribution is 2.25. The number of anilines is 2. The van der Waals surface area contributed by atoms with Crippen molar-refractivity contribution in [3.63, 3.8) is 0 Å². The Morgan fingerprint density at radius 3 is 2.50 bits per heavy atom. The lowest BCUT2D eigenvalue weighted by Gasteiger charge is -2.14. The van der Waals surface area contributed by atoms with Crippen molar-refractivity contribution >= 4 is 45.7 Å². The molecule has 0 saturated heterocycles. The second-order valence-electron chi connectivity index (χ2n) is 8.84. The third-order valence-electron chi connectivity index (χ3n) is 6.00. The first-order valence-electron chi connectivity index (χ1n) is 11.5. The molecule has 0 bridgehead atoms. The molecule has 8 nitrogen and oxygen atoms in total. The summed E-state index contributed by atoms with van der Waals surface area (Å²) in [4.78, 5) is 28.3. The summed E-state index contributed by atoms with van der Waals surface area (Å²) in [5.41, 5.74) is 5.08. The van der Waals surface area contributed by atoms with Gasteiger partial charge in [-0.2, -0.15) is 0 Å². The lowest BCUT2D eigenvalue weighted by molar-refractivity contribution is -0.113. The number of aryl methyl sites for hydroxylation is 2. The first-order chi connectivity index (χ1) is 17.3. The maximum atomic E-state index is 13.6.